The summed E-state index contributed by atoms with van der Waals surface area (Å²) in [6, 6.07) is 5.97. The SMILES string of the molecule is COCOc1cc(-c2nc(OC)c3c(N[C@@H]4CC[C@H](C(N)=O)C4)nc(OC[C@@]45CCCN4C[C@H](F)C5)nc3c2F)c2c(C#C[Si](C(C)C)(C(C)C)C(C)C)c(F)ccc2c1. The molecule has 2 aromatic carbocycles. The number of anilines is 1. The normalized spacial score (nSPS) is 21.9. The van der Waals surface area contributed by atoms with Gasteiger partial charge in [0.1, 0.15) is 54.8 Å². The maximum Gasteiger partial charge on any atom is 0.319 e. The lowest BCUT2D eigenvalue weighted by Crippen LogP contribution is -2.43. The highest BCUT2D eigenvalue weighted by Gasteiger charge is 2.49. The molecule has 1 aliphatic carbocycles. The fourth-order valence-electron chi connectivity index (χ4n) is 10.4. The molecule has 1 saturated carbocycles. The molecule has 60 heavy (non-hydrogen) atoms. The van der Waals surface area contributed by atoms with E-state index in [1.54, 1.807) is 18.2 Å². The number of rotatable bonds is 14. The molecule has 3 aliphatic rings. The summed E-state index contributed by atoms with van der Waals surface area (Å²) >= 11 is 0. The standard InChI is InChI=1S/C45H57F3N6O5Si/c1-25(2)60(26(3)4,27(5)6)17-14-33-35(47)13-11-28-19-32(59-24-56-7)20-34(36(28)33)39-38(48)40-37(43(51-39)57-8)42(50-31-12-10-29(18-31)41(49)55)53-44(52-40)58-23-45-15-9-16-54(45)22-30(46)21-45/h11,13,19-20,25-27,29-31H,9-10,12,15-16,18,21-24H2,1-8H3,(H2,49,55)(H,50,52,53)/t29-,30+,31+,45-/m0/s1. The van der Waals surface area contributed by atoms with Crippen LogP contribution in [-0.2, 0) is 9.53 Å². The average Bonchev–Trinajstić information content (AvgIpc) is 3.91. The zero-order valence-electron chi connectivity index (χ0n) is 35.9. The number of carbonyl (C=O) groups is 1. The van der Waals surface area contributed by atoms with E-state index in [1.165, 1.54) is 20.3 Å². The van der Waals surface area contributed by atoms with Crippen molar-refractivity contribution in [1.29, 1.82) is 0 Å². The number of alkyl halides is 1. The first kappa shape index (κ1) is 43.4. The number of carbonyl (C=O) groups excluding carboxylic acids is 1. The number of fused-ring (bicyclic) bond motifs is 3. The number of pyridine rings is 1. The molecule has 15 heteroatoms. The van der Waals surface area contributed by atoms with E-state index in [9.17, 15) is 9.18 Å². The summed E-state index contributed by atoms with van der Waals surface area (Å²) in [5, 5.41) is 4.46. The summed E-state index contributed by atoms with van der Waals surface area (Å²) in [5.41, 5.74) is 9.65. The lowest BCUT2D eigenvalue weighted by atomic mass is 9.95. The van der Waals surface area contributed by atoms with Crippen molar-refractivity contribution in [3.8, 4) is 40.4 Å². The van der Waals surface area contributed by atoms with Crippen molar-refractivity contribution in [1.82, 2.24) is 19.9 Å². The van der Waals surface area contributed by atoms with E-state index in [1.807, 2.05) is 0 Å². The van der Waals surface area contributed by atoms with Gasteiger partial charge in [-0.05, 0) is 78.9 Å². The van der Waals surface area contributed by atoms with Crippen molar-refractivity contribution < 1.29 is 36.9 Å². The molecule has 1 amide bonds. The van der Waals surface area contributed by atoms with Gasteiger partial charge in [0.05, 0.1) is 18.2 Å². The summed E-state index contributed by atoms with van der Waals surface area (Å²) in [4.78, 5) is 28.4. The smallest absolute Gasteiger partial charge is 0.319 e. The molecule has 4 aromatic rings. The van der Waals surface area contributed by atoms with Gasteiger partial charge in [0.25, 0.3) is 0 Å². The highest BCUT2D eigenvalue weighted by molar-refractivity contribution is 6.90. The zero-order valence-corrected chi connectivity index (χ0v) is 36.9. The van der Waals surface area contributed by atoms with Crippen LogP contribution in [0.3, 0.4) is 0 Å². The molecule has 3 fully saturated rings. The molecule has 2 aromatic heterocycles. The first-order valence-corrected chi connectivity index (χ1v) is 23.3. The van der Waals surface area contributed by atoms with E-state index in [0.29, 0.717) is 48.8 Å². The van der Waals surface area contributed by atoms with Crippen molar-refractivity contribution in [2.45, 2.75) is 114 Å². The van der Waals surface area contributed by atoms with Gasteiger partial charge >= 0.3 is 6.01 Å². The minimum Gasteiger partial charge on any atom is -0.480 e. The number of nitrogens with two attached hydrogens (primary N) is 1. The summed E-state index contributed by atoms with van der Waals surface area (Å²) in [7, 11) is 0.564. The maximum atomic E-state index is 17.8. The summed E-state index contributed by atoms with van der Waals surface area (Å²) in [6.07, 6.45) is 2.67. The van der Waals surface area contributed by atoms with Gasteiger partial charge in [-0.25, -0.2) is 18.2 Å². The third kappa shape index (κ3) is 7.98. The number of primary amides is 1. The van der Waals surface area contributed by atoms with Crippen LogP contribution in [0.15, 0.2) is 24.3 Å². The monoisotopic (exact) mass is 846 g/mol. The second kappa shape index (κ2) is 17.4. The number of ether oxygens (including phenoxy) is 4. The van der Waals surface area contributed by atoms with E-state index in [4.69, 9.17) is 34.6 Å². The maximum absolute atomic E-state index is 17.8. The molecule has 0 unspecified atom stereocenters. The van der Waals surface area contributed by atoms with Gasteiger partial charge in [-0.2, -0.15) is 9.97 Å². The van der Waals surface area contributed by atoms with Crippen LogP contribution in [-0.4, -0.2) is 92.3 Å². The summed E-state index contributed by atoms with van der Waals surface area (Å²) in [5.74, 6) is 1.75. The fourth-order valence-corrected chi connectivity index (χ4v) is 15.6. The van der Waals surface area contributed by atoms with Crippen molar-refractivity contribution in [3.63, 3.8) is 0 Å². The van der Waals surface area contributed by atoms with Crippen LogP contribution in [0.1, 0.15) is 85.6 Å². The fraction of sp³-hybridized carbons (Fsp3) is 0.556. The molecule has 7 rings (SSSR count). The first-order valence-electron chi connectivity index (χ1n) is 21.1. The number of benzene rings is 2. The molecular weight excluding hydrogens is 790 g/mol. The highest BCUT2D eigenvalue weighted by Crippen LogP contribution is 2.45. The Hall–Kier alpha value is -4.65. The van der Waals surface area contributed by atoms with Crippen LogP contribution in [0.5, 0.6) is 17.6 Å². The third-order valence-electron chi connectivity index (χ3n) is 13.2. The number of nitrogens with one attached hydrogen (secondary N) is 1. The molecule has 2 saturated heterocycles. The quantitative estimate of drug-likeness (QED) is 0.0722. The number of hydrogen-bond acceptors (Lipinski definition) is 10. The largest absolute Gasteiger partial charge is 0.480 e. The zero-order chi connectivity index (χ0) is 43.1. The molecule has 0 bridgehead atoms. The second-order valence-electron chi connectivity index (χ2n) is 17.7. The van der Waals surface area contributed by atoms with Gasteiger partial charge in [-0.15, -0.1) is 5.54 Å². The molecule has 2 aliphatic heterocycles. The third-order valence-corrected chi connectivity index (χ3v) is 19.5. The van der Waals surface area contributed by atoms with Crippen molar-refractivity contribution >= 4 is 41.5 Å². The van der Waals surface area contributed by atoms with Crippen molar-refractivity contribution in [2.75, 3.05) is 46.0 Å². The van der Waals surface area contributed by atoms with Crippen LogP contribution in [0.25, 0.3) is 32.9 Å². The van der Waals surface area contributed by atoms with E-state index < -0.39 is 31.4 Å². The Morgan fingerprint density at radius 2 is 1.78 bits per heavy atom. The molecule has 4 atom stereocenters. The lowest BCUT2D eigenvalue weighted by molar-refractivity contribution is -0.121. The van der Waals surface area contributed by atoms with Gasteiger partial charge in [-0.3, -0.25) is 9.69 Å². The Morgan fingerprint density at radius 3 is 2.45 bits per heavy atom. The summed E-state index contributed by atoms with van der Waals surface area (Å²) in [6.45, 7) is 14.2. The lowest BCUT2D eigenvalue weighted by Gasteiger charge is -2.38. The van der Waals surface area contributed by atoms with E-state index in [2.05, 4.69) is 68.2 Å². The predicted octanol–water partition coefficient (Wildman–Crippen LogP) is 8.71. The number of methoxy groups -OCH3 is 2. The Morgan fingerprint density at radius 1 is 1.03 bits per heavy atom. The van der Waals surface area contributed by atoms with E-state index in [-0.39, 0.29) is 93.3 Å². The van der Waals surface area contributed by atoms with Crippen LogP contribution in [0.2, 0.25) is 16.6 Å². The molecule has 11 nitrogen and oxygen atoms in total. The number of nitrogens with zero attached hydrogens (tertiary/aromatic N) is 4. The van der Waals surface area contributed by atoms with Gasteiger partial charge in [0.2, 0.25) is 11.8 Å². The van der Waals surface area contributed by atoms with Crippen LogP contribution >= 0.6 is 0 Å². The highest BCUT2D eigenvalue weighted by atomic mass is 28.3. The first-order chi connectivity index (χ1) is 28.6. The Bertz CT molecular complexity index is 2310. The van der Waals surface area contributed by atoms with Gasteiger partial charge in [0, 0.05) is 43.0 Å². The van der Waals surface area contributed by atoms with Gasteiger partial charge in [0.15, 0.2) is 12.6 Å². The van der Waals surface area contributed by atoms with Crippen LogP contribution in [0, 0.1) is 29.0 Å². The van der Waals surface area contributed by atoms with Crippen molar-refractivity contribution in [2.24, 2.45) is 11.7 Å². The number of halogens is 3. The molecule has 322 valence electrons. The molecule has 0 spiro atoms. The molecule has 0 radical (unpaired) electrons. The van der Waals surface area contributed by atoms with Gasteiger partial charge < -0.3 is 30.0 Å². The topological polar surface area (TPSA) is 134 Å². The van der Waals surface area contributed by atoms with Crippen LogP contribution < -0.4 is 25.3 Å². The summed E-state index contributed by atoms with van der Waals surface area (Å²) < 4.78 is 72.1. The van der Waals surface area contributed by atoms with Crippen LogP contribution in [0.4, 0.5) is 19.0 Å². The number of aromatic nitrogens is 3. The Kier molecular flexibility index (Phi) is 12.6. The Labute approximate surface area is 351 Å². The predicted molar refractivity (Wildman–Crippen MR) is 230 cm³/mol. The minimum atomic E-state index is -2.34. The Balaban J connectivity index is 1.45. The number of hydrogen-bond donors (Lipinski definition) is 2. The van der Waals surface area contributed by atoms with Crippen molar-refractivity contribution in [3.05, 3.63) is 41.5 Å². The van der Waals surface area contributed by atoms with E-state index >= 15 is 8.78 Å². The number of amides is 1. The second-order valence-corrected chi connectivity index (χ2v) is 23.2. The molecule has 4 heterocycles. The van der Waals surface area contributed by atoms with E-state index in [0.717, 1.165) is 19.4 Å². The minimum absolute atomic E-state index is 0.00257. The molecule has 3 N–H and O–H groups in total. The average molecular weight is 847 g/mol. The molecular formula is C45H57F3N6O5Si. The van der Waals surface area contributed by atoms with Gasteiger partial charge in [-0.1, -0.05) is 53.5 Å².